The maximum atomic E-state index is 14.0. The number of imidazole rings is 1. The van der Waals surface area contributed by atoms with Crippen molar-refractivity contribution in [1.29, 1.82) is 0 Å². The Morgan fingerprint density at radius 2 is 1.60 bits per heavy atom. The molecule has 5 rings (SSSR count). The monoisotopic (exact) mass is 850 g/mol. The van der Waals surface area contributed by atoms with Gasteiger partial charge in [-0.2, -0.15) is 11.8 Å². The highest BCUT2D eigenvalue weighted by molar-refractivity contribution is 7.98. The lowest BCUT2D eigenvalue weighted by Gasteiger charge is -2.29. The van der Waals surface area contributed by atoms with Gasteiger partial charge in [0, 0.05) is 35.7 Å². The van der Waals surface area contributed by atoms with Gasteiger partial charge in [0.05, 0.1) is 22.3 Å². The molecule has 310 valence electrons. The summed E-state index contributed by atoms with van der Waals surface area (Å²) in [5, 5.41) is 25.7. The molecule has 0 unspecified atom stereocenters. The summed E-state index contributed by atoms with van der Waals surface area (Å²) in [5.41, 5.74) is 2.46. The number of halogens is 2. The van der Waals surface area contributed by atoms with Crippen LogP contribution in [0.3, 0.4) is 0 Å². The first-order valence-electron chi connectivity index (χ1n) is 19.9. The van der Waals surface area contributed by atoms with Crippen LogP contribution in [0.2, 0.25) is 10.0 Å². The topological polar surface area (TPSA) is 160 Å². The Hall–Kier alpha value is -4.52. The summed E-state index contributed by atoms with van der Waals surface area (Å²) in [7, 11) is 0. The zero-order valence-corrected chi connectivity index (χ0v) is 35.3. The molecule has 4 N–H and O–H groups in total. The quantitative estimate of drug-likeness (QED) is 0.0599. The highest BCUT2D eigenvalue weighted by atomic mass is 35.5. The molecular weight excluding hydrogens is 799 g/mol. The van der Waals surface area contributed by atoms with Crippen molar-refractivity contribution in [1.82, 2.24) is 20.2 Å². The molecule has 0 saturated heterocycles. The minimum Gasteiger partial charge on any atom is -0.480 e. The average molecular weight is 852 g/mol. The van der Waals surface area contributed by atoms with E-state index >= 15 is 0 Å². The van der Waals surface area contributed by atoms with Crippen molar-refractivity contribution >= 4 is 58.7 Å². The summed E-state index contributed by atoms with van der Waals surface area (Å²) in [5.74, 6) is 0.641. The number of hydrogen-bond donors (Lipinski definition) is 4. The third-order valence-electron chi connectivity index (χ3n) is 10.7. The standard InChI is InChI=1S/C44H52Cl2N4O7S/c1-3-28-8-12-30(13-9-28)42(52)49-38(25-29-10-17-33(18-11-29)57-34-19-14-31(15-20-34)43(53)54)41-48-39(35-21-16-32(45)26-36(35)46)27-50(41)23-6-4-5-7-40(51)47-37(44(55)56)22-24-58-2/h10-11,14-21,26-28,30,37-38H,3-9,12-13,22-25H2,1-2H3,(H,47,51)(H,49,52)(H,53,54)(H,55,56)/t28?,30?,37-,38-/m0/s1. The molecule has 1 fully saturated rings. The van der Waals surface area contributed by atoms with Crippen LogP contribution < -0.4 is 15.4 Å². The van der Waals surface area contributed by atoms with Crippen molar-refractivity contribution < 1.29 is 34.1 Å². The number of carbonyl (C=O) groups is 4. The fourth-order valence-electron chi connectivity index (χ4n) is 7.28. The van der Waals surface area contributed by atoms with Crippen molar-refractivity contribution in [2.45, 2.75) is 96.2 Å². The number of aromatic carboxylic acids is 1. The van der Waals surface area contributed by atoms with Crippen LogP contribution in [0.1, 0.15) is 98.9 Å². The number of hydrogen-bond acceptors (Lipinski definition) is 7. The molecule has 14 heteroatoms. The lowest BCUT2D eigenvalue weighted by Crippen LogP contribution is -2.41. The second-order valence-corrected chi connectivity index (χ2v) is 16.6. The van der Waals surface area contributed by atoms with Gasteiger partial charge < -0.3 is 30.2 Å². The maximum absolute atomic E-state index is 14.0. The van der Waals surface area contributed by atoms with E-state index in [9.17, 15) is 29.4 Å². The Morgan fingerprint density at radius 3 is 2.22 bits per heavy atom. The molecule has 0 radical (unpaired) electrons. The van der Waals surface area contributed by atoms with Gasteiger partial charge in [-0.25, -0.2) is 14.6 Å². The molecule has 4 aromatic rings. The lowest BCUT2D eigenvalue weighted by molar-refractivity contribution is -0.141. The van der Waals surface area contributed by atoms with E-state index in [1.165, 1.54) is 23.9 Å². The van der Waals surface area contributed by atoms with E-state index in [2.05, 4.69) is 22.1 Å². The normalized spacial score (nSPS) is 16.3. The number of aryl methyl sites for hydroxylation is 1. The number of nitrogens with one attached hydrogen (secondary N) is 2. The molecule has 1 aliphatic carbocycles. The van der Waals surface area contributed by atoms with Crippen LogP contribution in [0.15, 0.2) is 72.9 Å². The SMILES string of the molecule is CCC1CCC(C(=O)N[C@@H](Cc2ccc(Oc3ccc(C(=O)O)cc3)cc2)c2nc(-c3ccc(Cl)cc3Cl)cn2CCCCCC(=O)N[C@@H](CCSC)C(=O)O)CC1. The van der Waals surface area contributed by atoms with Crippen LogP contribution >= 0.6 is 35.0 Å². The number of amides is 2. The van der Waals surface area contributed by atoms with Crippen molar-refractivity contribution in [2.75, 3.05) is 12.0 Å². The first-order valence-corrected chi connectivity index (χ1v) is 22.0. The van der Waals surface area contributed by atoms with E-state index < -0.39 is 24.0 Å². The Bertz CT molecular complexity index is 2000. The van der Waals surface area contributed by atoms with Gasteiger partial charge in [0.2, 0.25) is 11.8 Å². The van der Waals surface area contributed by atoms with Crippen molar-refractivity contribution in [3.8, 4) is 22.8 Å². The molecule has 0 aliphatic heterocycles. The zero-order valence-electron chi connectivity index (χ0n) is 32.9. The number of carbonyl (C=O) groups excluding carboxylic acids is 2. The van der Waals surface area contributed by atoms with Crippen LogP contribution in [0, 0.1) is 11.8 Å². The fraction of sp³-hybridized carbons (Fsp3) is 0.432. The Balaban J connectivity index is 1.36. The van der Waals surface area contributed by atoms with Gasteiger partial charge in [-0.3, -0.25) is 9.59 Å². The van der Waals surface area contributed by atoms with Gasteiger partial charge in [0.25, 0.3) is 0 Å². The first-order chi connectivity index (χ1) is 27.9. The molecule has 1 saturated carbocycles. The second-order valence-electron chi connectivity index (χ2n) is 14.8. The predicted octanol–water partition coefficient (Wildman–Crippen LogP) is 9.85. The first kappa shape index (κ1) is 44.6. The Kier molecular flexibility index (Phi) is 16.9. The van der Waals surface area contributed by atoms with Crippen LogP contribution in [0.5, 0.6) is 11.5 Å². The minimum atomic E-state index is -1.03. The smallest absolute Gasteiger partial charge is 0.335 e. The van der Waals surface area contributed by atoms with Crippen molar-refractivity contribution in [3.63, 3.8) is 0 Å². The summed E-state index contributed by atoms with van der Waals surface area (Å²) in [6, 6.07) is 17.6. The summed E-state index contributed by atoms with van der Waals surface area (Å²) >= 11 is 14.5. The number of aromatic nitrogens is 2. The van der Waals surface area contributed by atoms with Crippen molar-refractivity contribution in [2.24, 2.45) is 11.8 Å². The van der Waals surface area contributed by atoms with E-state index in [1.54, 1.807) is 24.3 Å². The highest BCUT2D eigenvalue weighted by Crippen LogP contribution is 2.34. The summed E-state index contributed by atoms with van der Waals surface area (Å²) < 4.78 is 8.04. The van der Waals surface area contributed by atoms with Gasteiger partial charge in [-0.1, -0.05) is 55.1 Å². The number of thioether (sulfide) groups is 1. The third kappa shape index (κ3) is 13.0. The lowest BCUT2D eigenvalue weighted by atomic mass is 9.80. The van der Waals surface area contributed by atoms with Crippen LogP contribution in [-0.2, 0) is 27.3 Å². The fourth-order valence-corrected chi connectivity index (χ4v) is 8.26. The van der Waals surface area contributed by atoms with Gasteiger partial charge in [0.1, 0.15) is 23.4 Å². The van der Waals surface area contributed by atoms with Gasteiger partial charge >= 0.3 is 11.9 Å². The molecule has 11 nitrogen and oxygen atoms in total. The molecular formula is C44H52Cl2N4O7S. The van der Waals surface area contributed by atoms with E-state index in [-0.39, 0.29) is 29.7 Å². The van der Waals surface area contributed by atoms with E-state index in [4.69, 9.17) is 32.9 Å². The van der Waals surface area contributed by atoms with E-state index in [0.29, 0.717) is 88.9 Å². The summed E-state index contributed by atoms with van der Waals surface area (Å²) in [6.45, 7) is 2.76. The third-order valence-corrected chi connectivity index (χ3v) is 11.9. The summed E-state index contributed by atoms with van der Waals surface area (Å²) in [4.78, 5) is 54.6. The van der Waals surface area contributed by atoms with E-state index in [1.807, 2.05) is 42.8 Å². The van der Waals surface area contributed by atoms with Crippen molar-refractivity contribution in [3.05, 3.63) is 99.9 Å². The second kappa shape index (κ2) is 22.0. The number of nitrogens with zero attached hydrogens (tertiary/aromatic N) is 2. The Morgan fingerprint density at radius 1 is 0.914 bits per heavy atom. The van der Waals surface area contributed by atoms with Crippen LogP contribution in [0.4, 0.5) is 0 Å². The predicted molar refractivity (Wildman–Crippen MR) is 229 cm³/mol. The van der Waals surface area contributed by atoms with E-state index in [0.717, 1.165) is 37.7 Å². The molecule has 1 heterocycles. The number of carboxylic acids is 2. The van der Waals surface area contributed by atoms with Gasteiger partial charge in [-0.15, -0.1) is 0 Å². The molecule has 3 aromatic carbocycles. The number of unbranched alkanes of at least 4 members (excludes halogenated alkanes) is 2. The molecule has 0 spiro atoms. The molecule has 1 aromatic heterocycles. The number of aliphatic carboxylic acids is 1. The van der Waals surface area contributed by atoms with Gasteiger partial charge in [-0.05, 0) is 129 Å². The Labute approximate surface area is 354 Å². The average Bonchev–Trinajstić information content (AvgIpc) is 3.63. The molecule has 1 aliphatic rings. The number of benzene rings is 3. The van der Waals surface area contributed by atoms with Gasteiger partial charge in [0.15, 0.2) is 0 Å². The number of carboxylic acid groups (broad SMARTS) is 2. The molecule has 58 heavy (non-hydrogen) atoms. The summed E-state index contributed by atoms with van der Waals surface area (Å²) in [6.07, 6.45) is 11.7. The maximum Gasteiger partial charge on any atom is 0.335 e. The molecule has 2 amide bonds. The zero-order chi connectivity index (χ0) is 41.6. The largest absolute Gasteiger partial charge is 0.480 e. The highest BCUT2D eigenvalue weighted by Gasteiger charge is 2.30. The molecule has 2 atom stereocenters. The van der Waals surface area contributed by atoms with Crippen LogP contribution in [-0.4, -0.2) is 61.6 Å². The van der Waals surface area contributed by atoms with Crippen LogP contribution in [0.25, 0.3) is 11.3 Å². The number of ether oxygens (including phenoxy) is 1. The molecule has 0 bridgehead atoms. The minimum absolute atomic E-state index is 0.00754. The number of rotatable bonds is 21.